The van der Waals surface area contributed by atoms with Crippen molar-refractivity contribution in [2.75, 3.05) is 11.9 Å². The molecule has 1 N–H and O–H groups in total. The number of pyridine rings is 1. The van der Waals surface area contributed by atoms with E-state index in [1.54, 1.807) is 0 Å². The van der Waals surface area contributed by atoms with Gasteiger partial charge in [-0.15, -0.1) is 0 Å². The Morgan fingerprint density at radius 3 is 2.41 bits per heavy atom. The molecule has 92 valence electrons. The minimum atomic E-state index is -0.631. The summed E-state index contributed by atoms with van der Waals surface area (Å²) in [4.78, 5) is 3.75. The monoisotopic (exact) mass is 238 g/mol. The Labute approximate surface area is 99.4 Å². The fourth-order valence-electron chi connectivity index (χ4n) is 2.53. The van der Waals surface area contributed by atoms with Crippen molar-refractivity contribution in [1.29, 1.82) is 0 Å². The first-order valence-corrected chi connectivity index (χ1v) is 6.29. The molecule has 3 rings (SSSR count). The molecule has 2 aliphatic rings. The van der Waals surface area contributed by atoms with Crippen molar-refractivity contribution in [1.82, 2.24) is 4.98 Å². The molecule has 0 saturated heterocycles. The molecular formula is C13H16F2N2. The Morgan fingerprint density at radius 2 is 1.88 bits per heavy atom. The zero-order valence-electron chi connectivity index (χ0n) is 9.63. The summed E-state index contributed by atoms with van der Waals surface area (Å²) in [7, 11) is 0. The quantitative estimate of drug-likeness (QED) is 0.852. The predicted molar refractivity (Wildman–Crippen MR) is 61.6 cm³/mol. The van der Waals surface area contributed by atoms with E-state index in [-0.39, 0.29) is 5.82 Å². The number of anilines is 1. The molecule has 0 amide bonds. The van der Waals surface area contributed by atoms with Gasteiger partial charge in [0.05, 0.1) is 6.20 Å². The summed E-state index contributed by atoms with van der Waals surface area (Å²) < 4.78 is 26.1. The molecule has 0 aromatic carbocycles. The van der Waals surface area contributed by atoms with Gasteiger partial charge in [-0.25, -0.2) is 13.8 Å². The van der Waals surface area contributed by atoms with Crippen molar-refractivity contribution in [3.63, 3.8) is 0 Å². The van der Waals surface area contributed by atoms with Crippen LogP contribution in [0.1, 0.15) is 25.7 Å². The Hall–Kier alpha value is -1.19. The number of rotatable bonds is 5. The smallest absolute Gasteiger partial charge is 0.168 e. The third-order valence-corrected chi connectivity index (χ3v) is 3.77. The molecule has 2 nitrogen and oxygen atoms in total. The lowest BCUT2D eigenvalue weighted by Gasteiger charge is -2.16. The lowest BCUT2D eigenvalue weighted by molar-refractivity contribution is 0.426. The summed E-state index contributed by atoms with van der Waals surface area (Å²) in [6.45, 7) is 0.769. The Bertz CT molecular complexity index is 402. The maximum Gasteiger partial charge on any atom is 0.168 e. The van der Waals surface area contributed by atoms with Gasteiger partial charge in [-0.05, 0) is 43.4 Å². The van der Waals surface area contributed by atoms with E-state index in [1.807, 2.05) is 0 Å². The molecule has 0 radical (unpaired) electrons. The first kappa shape index (κ1) is 10.9. The van der Waals surface area contributed by atoms with E-state index < -0.39 is 11.6 Å². The summed E-state index contributed by atoms with van der Waals surface area (Å²) in [6.07, 6.45) is 6.28. The van der Waals surface area contributed by atoms with Crippen LogP contribution in [0, 0.1) is 29.4 Å². The normalized spacial score (nSPS) is 19.7. The first-order chi connectivity index (χ1) is 8.24. The van der Waals surface area contributed by atoms with Crippen LogP contribution in [-0.4, -0.2) is 11.5 Å². The average molecular weight is 238 g/mol. The molecule has 2 saturated carbocycles. The third-order valence-electron chi connectivity index (χ3n) is 3.77. The molecule has 2 aliphatic carbocycles. The van der Waals surface area contributed by atoms with Gasteiger partial charge < -0.3 is 5.32 Å². The SMILES string of the molecule is Fc1cnc(NCC(C2CC2)C2CC2)c(F)c1. The van der Waals surface area contributed by atoms with E-state index >= 15 is 0 Å². The molecule has 0 aliphatic heterocycles. The third kappa shape index (κ3) is 2.56. The highest BCUT2D eigenvalue weighted by Crippen LogP contribution is 2.49. The van der Waals surface area contributed by atoms with Crippen molar-refractivity contribution < 1.29 is 8.78 Å². The number of nitrogens with zero attached hydrogens (tertiary/aromatic N) is 1. The van der Waals surface area contributed by atoms with Crippen molar-refractivity contribution in [2.24, 2.45) is 17.8 Å². The van der Waals surface area contributed by atoms with E-state index in [4.69, 9.17) is 0 Å². The second-order valence-electron chi connectivity index (χ2n) is 5.20. The van der Waals surface area contributed by atoms with Crippen molar-refractivity contribution in [3.8, 4) is 0 Å². The summed E-state index contributed by atoms with van der Waals surface area (Å²) in [5.41, 5.74) is 0. The highest BCUT2D eigenvalue weighted by molar-refractivity contribution is 5.35. The molecule has 0 atom stereocenters. The average Bonchev–Trinajstić information content (AvgIpc) is 3.15. The van der Waals surface area contributed by atoms with Crippen LogP contribution < -0.4 is 5.32 Å². The highest BCUT2D eigenvalue weighted by Gasteiger charge is 2.41. The van der Waals surface area contributed by atoms with Gasteiger partial charge in [-0.1, -0.05) is 0 Å². The first-order valence-electron chi connectivity index (χ1n) is 6.29. The number of aromatic nitrogens is 1. The largest absolute Gasteiger partial charge is 0.367 e. The summed E-state index contributed by atoms with van der Waals surface area (Å²) in [6, 6.07) is 0.874. The summed E-state index contributed by atoms with van der Waals surface area (Å²) in [5, 5.41) is 3.03. The van der Waals surface area contributed by atoms with Crippen molar-refractivity contribution >= 4 is 5.82 Å². The van der Waals surface area contributed by atoms with Crippen LogP contribution in [0.5, 0.6) is 0 Å². The minimum Gasteiger partial charge on any atom is -0.367 e. The molecular weight excluding hydrogens is 222 g/mol. The number of halogens is 2. The molecule has 0 spiro atoms. The number of hydrogen-bond acceptors (Lipinski definition) is 2. The van der Waals surface area contributed by atoms with Crippen LogP contribution in [0.2, 0.25) is 0 Å². The van der Waals surface area contributed by atoms with Gasteiger partial charge in [0.2, 0.25) is 0 Å². The predicted octanol–water partition coefficient (Wildman–Crippen LogP) is 3.21. The number of nitrogens with one attached hydrogen (secondary N) is 1. The van der Waals surface area contributed by atoms with Gasteiger partial charge in [0.15, 0.2) is 11.6 Å². The molecule has 1 aromatic heterocycles. The zero-order chi connectivity index (χ0) is 11.8. The highest BCUT2D eigenvalue weighted by atomic mass is 19.1. The second kappa shape index (κ2) is 4.24. The molecule has 2 fully saturated rings. The topological polar surface area (TPSA) is 24.9 Å². The lowest BCUT2D eigenvalue weighted by Crippen LogP contribution is -2.19. The van der Waals surface area contributed by atoms with Gasteiger partial charge in [0.25, 0.3) is 0 Å². The van der Waals surface area contributed by atoms with Crippen LogP contribution in [0.25, 0.3) is 0 Å². The molecule has 17 heavy (non-hydrogen) atoms. The zero-order valence-corrected chi connectivity index (χ0v) is 9.63. The molecule has 0 bridgehead atoms. The summed E-state index contributed by atoms with van der Waals surface area (Å²) >= 11 is 0. The van der Waals surface area contributed by atoms with E-state index in [1.165, 1.54) is 25.7 Å². The van der Waals surface area contributed by atoms with Crippen molar-refractivity contribution in [3.05, 3.63) is 23.9 Å². The molecule has 4 heteroatoms. The maximum absolute atomic E-state index is 13.4. The van der Waals surface area contributed by atoms with Crippen molar-refractivity contribution in [2.45, 2.75) is 25.7 Å². The minimum absolute atomic E-state index is 0.178. The van der Waals surface area contributed by atoms with Crippen LogP contribution in [0.15, 0.2) is 12.3 Å². The van der Waals surface area contributed by atoms with Gasteiger partial charge in [-0.3, -0.25) is 0 Å². The Kier molecular flexibility index (Phi) is 2.73. The fraction of sp³-hybridized carbons (Fsp3) is 0.615. The van der Waals surface area contributed by atoms with Crippen LogP contribution >= 0.6 is 0 Å². The summed E-state index contributed by atoms with van der Waals surface area (Å²) in [5.74, 6) is 1.24. The second-order valence-corrected chi connectivity index (χ2v) is 5.20. The maximum atomic E-state index is 13.4. The van der Waals surface area contributed by atoms with E-state index in [0.717, 1.165) is 30.6 Å². The number of hydrogen-bond donors (Lipinski definition) is 1. The Balaban J connectivity index is 1.62. The molecule has 1 aromatic rings. The lowest BCUT2D eigenvalue weighted by atomic mass is 9.98. The van der Waals surface area contributed by atoms with Crippen LogP contribution in [-0.2, 0) is 0 Å². The van der Waals surface area contributed by atoms with Crippen LogP contribution in [0.4, 0.5) is 14.6 Å². The molecule has 1 heterocycles. The van der Waals surface area contributed by atoms with Crippen LogP contribution in [0.3, 0.4) is 0 Å². The van der Waals surface area contributed by atoms with E-state index in [9.17, 15) is 8.78 Å². The fourth-order valence-corrected chi connectivity index (χ4v) is 2.53. The van der Waals surface area contributed by atoms with Gasteiger partial charge in [0.1, 0.15) is 5.82 Å². The van der Waals surface area contributed by atoms with Gasteiger partial charge >= 0.3 is 0 Å². The standard InChI is InChI=1S/C13H16F2N2/c14-10-5-12(15)13(16-6-10)17-7-11(8-1-2-8)9-3-4-9/h5-6,8-9,11H,1-4,7H2,(H,16,17). The molecule has 0 unspecified atom stereocenters. The van der Waals surface area contributed by atoms with E-state index in [2.05, 4.69) is 10.3 Å². The Morgan fingerprint density at radius 1 is 1.24 bits per heavy atom. The van der Waals surface area contributed by atoms with Gasteiger partial charge in [-0.2, -0.15) is 0 Å². The van der Waals surface area contributed by atoms with E-state index in [0.29, 0.717) is 5.92 Å². The van der Waals surface area contributed by atoms with Gasteiger partial charge in [0, 0.05) is 12.6 Å².